The van der Waals surface area contributed by atoms with E-state index in [0.29, 0.717) is 28.7 Å². The molecule has 1 aromatic carbocycles. The van der Waals surface area contributed by atoms with Gasteiger partial charge in [-0.3, -0.25) is 0 Å². The van der Waals surface area contributed by atoms with Crippen molar-refractivity contribution < 1.29 is 14.3 Å². The van der Waals surface area contributed by atoms with E-state index in [4.69, 9.17) is 26.8 Å². The van der Waals surface area contributed by atoms with Crippen molar-refractivity contribution in [3.63, 3.8) is 0 Å². The Hall–Kier alpha value is -1.95. The zero-order valence-electron chi connectivity index (χ0n) is 10.1. The largest absolute Gasteiger partial charge is 0.493 e. The molecule has 6 nitrogen and oxygen atoms in total. The summed E-state index contributed by atoms with van der Waals surface area (Å²) in [7, 11) is 1.52. The minimum atomic E-state index is -0.750. The van der Waals surface area contributed by atoms with Crippen LogP contribution in [0.5, 0.6) is 11.5 Å². The van der Waals surface area contributed by atoms with Crippen LogP contribution in [0.15, 0.2) is 17.2 Å². The van der Waals surface area contributed by atoms with Gasteiger partial charge in [-0.15, -0.1) is 0 Å². The molecule has 2 amide bonds. The van der Waals surface area contributed by atoms with Gasteiger partial charge in [0.05, 0.1) is 25.0 Å². The number of hydrogen-bond donors (Lipinski definition) is 2. The number of nitrogens with two attached hydrogens (primary N) is 1. The number of hydrazone groups is 1. The maximum absolute atomic E-state index is 10.5. The van der Waals surface area contributed by atoms with Gasteiger partial charge < -0.3 is 15.2 Å². The Morgan fingerprint density at radius 3 is 2.83 bits per heavy atom. The quantitative estimate of drug-likeness (QED) is 0.632. The fourth-order valence-electron chi connectivity index (χ4n) is 1.24. The Morgan fingerprint density at radius 1 is 1.56 bits per heavy atom. The van der Waals surface area contributed by atoms with Crippen molar-refractivity contribution in [1.29, 1.82) is 0 Å². The van der Waals surface area contributed by atoms with E-state index >= 15 is 0 Å². The number of benzene rings is 1. The zero-order valence-corrected chi connectivity index (χ0v) is 10.8. The Bertz CT molecular complexity index is 463. The lowest BCUT2D eigenvalue weighted by Crippen LogP contribution is -2.24. The molecular formula is C11H14ClN3O3. The van der Waals surface area contributed by atoms with Gasteiger partial charge in [0, 0.05) is 11.6 Å². The lowest BCUT2D eigenvalue weighted by atomic mass is 10.2. The maximum atomic E-state index is 10.5. The predicted octanol–water partition coefficient (Wildman–Crippen LogP) is 1.75. The monoisotopic (exact) mass is 271 g/mol. The van der Waals surface area contributed by atoms with Crippen LogP contribution in [0, 0.1) is 0 Å². The standard InChI is InChI=1S/C11H14ClN3O3/c1-3-18-10-5-8(12)7(4-9(10)17-2)6-14-15-11(13)16/h4-6H,3H2,1-2H3,(H3,13,15,16). The van der Waals surface area contributed by atoms with Crippen molar-refractivity contribution in [2.75, 3.05) is 13.7 Å². The van der Waals surface area contributed by atoms with Gasteiger partial charge in [0.2, 0.25) is 0 Å². The molecule has 1 aromatic rings. The number of carbonyl (C=O) groups is 1. The summed E-state index contributed by atoms with van der Waals surface area (Å²) in [5, 5.41) is 4.05. The van der Waals surface area contributed by atoms with E-state index in [1.165, 1.54) is 13.3 Å². The van der Waals surface area contributed by atoms with Crippen molar-refractivity contribution in [1.82, 2.24) is 5.43 Å². The zero-order chi connectivity index (χ0) is 13.5. The van der Waals surface area contributed by atoms with Crippen LogP contribution in [0.1, 0.15) is 12.5 Å². The summed E-state index contributed by atoms with van der Waals surface area (Å²) < 4.78 is 10.5. The summed E-state index contributed by atoms with van der Waals surface area (Å²) in [4.78, 5) is 10.5. The Balaban J connectivity index is 2.99. The Kier molecular flexibility index (Phi) is 5.26. The van der Waals surface area contributed by atoms with Crippen molar-refractivity contribution in [3.8, 4) is 11.5 Å². The van der Waals surface area contributed by atoms with E-state index in [1.807, 2.05) is 6.92 Å². The molecule has 3 N–H and O–H groups in total. The number of amides is 2. The highest BCUT2D eigenvalue weighted by Crippen LogP contribution is 2.32. The predicted molar refractivity (Wildman–Crippen MR) is 69.5 cm³/mol. The van der Waals surface area contributed by atoms with Crippen LogP contribution in [0.2, 0.25) is 5.02 Å². The molecule has 0 aliphatic heterocycles. The average molecular weight is 272 g/mol. The third-order valence-corrected chi connectivity index (χ3v) is 2.29. The molecule has 0 aliphatic carbocycles. The fraction of sp³-hybridized carbons (Fsp3) is 0.273. The molecule has 0 heterocycles. The second kappa shape index (κ2) is 6.70. The van der Waals surface area contributed by atoms with Crippen LogP contribution in [0.4, 0.5) is 4.79 Å². The minimum Gasteiger partial charge on any atom is -0.493 e. The third-order valence-electron chi connectivity index (χ3n) is 1.96. The summed E-state index contributed by atoms with van der Waals surface area (Å²) >= 11 is 6.04. The molecule has 0 saturated heterocycles. The highest BCUT2D eigenvalue weighted by atomic mass is 35.5. The number of urea groups is 1. The SMILES string of the molecule is CCOc1cc(Cl)c(C=NNC(N)=O)cc1OC. The number of methoxy groups -OCH3 is 1. The molecule has 0 saturated carbocycles. The number of primary amides is 1. The van der Waals surface area contributed by atoms with Gasteiger partial charge in [0.1, 0.15) is 0 Å². The molecule has 0 radical (unpaired) electrons. The van der Waals surface area contributed by atoms with Crippen molar-refractivity contribution in [2.24, 2.45) is 10.8 Å². The van der Waals surface area contributed by atoms with Crippen molar-refractivity contribution >= 4 is 23.8 Å². The van der Waals surface area contributed by atoms with Crippen molar-refractivity contribution in [2.45, 2.75) is 6.92 Å². The normalized spacial score (nSPS) is 10.4. The molecule has 7 heteroatoms. The van der Waals surface area contributed by atoms with Gasteiger partial charge in [-0.05, 0) is 13.0 Å². The second-order valence-electron chi connectivity index (χ2n) is 3.19. The maximum Gasteiger partial charge on any atom is 0.332 e. The van der Waals surface area contributed by atoms with Gasteiger partial charge in [0.15, 0.2) is 11.5 Å². The summed E-state index contributed by atoms with van der Waals surface area (Å²) in [5.41, 5.74) is 7.52. The third kappa shape index (κ3) is 3.81. The van der Waals surface area contributed by atoms with E-state index in [1.54, 1.807) is 12.1 Å². The number of hydrogen-bond acceptors (Lipinski definition) is 4. The summed E-state index contributed by atoms with van der Waals surface area (Å²) in [6.07, 6.45) is 1.37. The smallest absolute Gasteiger partial charge is 0.332 e. The van der Waals surface area contributed by atoms with E-state index in [0.717, 1.165) is 0 Å². The first-order valence-corrected chi connectivity index (χ1v) is 5.55. The Morgan fingerprint density at radius 2 is 2.28 bits per heavy atom. The van der Waals surface area contributed by atoms with Crippen LogP contribution in [0.3, 0.4) is 0 Å². The van der Waals surface area contributed by atoms with Crippen LogP contribution in [-0.4, -0.2) is 26.0 Å². The van der Waals surface area contributed by atoms with Crippen molar-refractivity contribution in [3.05, 3.63) is 22.7 Å². The van der Waals surface area contributed by atoms with Gasteiger partial charge in [0.25, 0.3) is 0 Å². The molecule has 0 aliphatic rings. The van der Waals surface area contributed by atoms with Crippen LogP contribution in [0.25, 0.3) is 0 Å². The van der Waals surface area contributed by atoms with Crippen LogP contribution < -0.4 is 20.6 Å². The number of rotatable bonds is 5. The van der Waals surface area contributed by atoms with E-state index in [2.05, 4.69) is 10.5 Å². The molecule has 0 unspecified atom stereocenters. The molecule has 0 fully saturated rings. The molecule has 0 spiro atoms. The van der Waals surface area contributed by atoms with Gasteiger partial charge in [-0.2, -0.15) is 5.10 Å². The van der Waals surface area contributed by atoms with E-state index in [9.17, 15) is 4.79 Å². The van der Waals surface area contributed by atoms with Gasteiger partial charge in [-0.25, -0.2) is 10.2 Å². The summed E-state index contributed by atoms with van der Waals surface area (Å²) in [6, 6.07) is 2.52. The Labute approximate surface area is 110 Å². The highest BCUT2D eigenvalue weighted by molar-refractivity contribution is 6.33. The highest BCUT2D eigenvalue weighted by Gasteiger charge is 2.09. The number of carbonyl (C=O) groups excluding carboxylic acids is 1. The molecule has 0 aromatic heterocycles. The molecule has 18 heavy (non-hydrogen) atoms. The fourth-order valence-corrected chi connectivity index (χ4v) is 1.45. The van der Waals surface area contributed by atoms with Gasteiger partial charge in [-0.1, -0.05) is 11.6 Å². The molecular weight excluding hydrogens is 258 g/mol. The lowest BCUT2D eigenvalue weighted by molar-refractivity contribution is 0.249. The minimum absolute atomic E-state index is 0.425. The first-order valence-electron chi connectivity index (χ1n) is 5.17. The molecule has 1 rings (SSSR count). The molecule has 98 valence electrons. The van der Waals surface area contributed by atoms with Gasteiger partial charge >= 0.3 is 6.03 Å². The topological polar surface area (TPSA) is 85.9 Å². The number of nitrogens with one attached hydrogen (secondary N) is 1. The summed E-state index contributed by atoms with van der Waals surface area (Å²) in [5.74, 6) is 1.08. The number of ether oxygens (including phenoxy) is 2. The second-order valence-corrected chi connectivity index (χ2v) is 3.60. The molecule has 0 atom stereocenters. The molecule has 0 bridgehead atoms. The number of nitrogens with zero attached hydrogens (tertiary/aromatic N) is 1. The average Bonchev–Trinajstić information content (AvgIpc) is 2.32. The van der Waals surface area contributed by atoms with E-state index in [-0.39, 0.29) is 0 Å². The van der Waals surface area contributed by atoms with Crippen LogP contribution in [-0.2, 0) is 0 Å². The summed E-state index contributed by atoms with van der Waals surface area (Å²) in [6.45, 7) is 2.36. The first-order chi connectivity index (χ1) is 8.58. The number of halogens is 1. The van der Waals surface area contributed by atoms with Crippen LogP contribution >= 0.6 is 11.6 Å². The lowest BCUT2D eigenvalue weighted by Gasteiger charge is -2.10. The van der Waals surface area contributed by atoms with E-state index < -0.39 is 6.03 Å². The first kappa shape index (κ1) is 14.1.